The van der Waals surface area contributed by atoms with Crippen LogP contribution in [-0.2, 0) is 25.6 Å². The Morgan fingerprint density at radius 1 is 1.02 bits per heavy atom. The molecule has 0 aliphatic carbocycles. The highest BCUT2D eigenvalue weighted by Crippen LogP contribution is 2.36. The SMILES string of the molecule is CCOC(=O)C1=C(C)N=c2s/c(=C\c3cn(Cc4ccccc4C#N)c4ccccc34)c(=O)n2[C@@H]1c1ccc(OCC(=O)OC)c(OCC)c1. The number of rotatable bonds is 11. The molecular weight excluding hydrogens is 657 g/mol. The van der Waals surface area contributed by atoms with Gasteiger partial charge in [-0.1, -0.05) is 53.8 Å². The van der Waals surface area contributed by atoms with E-state index >= 15 is 0 Å². The highest BCUT2D eigenvalue weighted by molar-refractivity contribution is 7.07. The number of nitrogens with zero attached hydrogens (tertiary/aromatic N) is 4. The predicted octanol–water partition coefficient (Wildman–Crippen LogP) is 4.62. The second-order valence-electron chi connectivity index (χ2n) is 11.3. The molecule has 0 amide bonds. The van der Waals surface area contributed by atoms with Gasteiger partial charge in [0, 0.05) is 29.2 Å². The van der Waals surface area contributed by atoms with Gasteiger partial charge < -0.3 is 23.5 Å². The smallest absolute Gasteiger partial charge is 0.343 e. The molecule has 0 bridgehead atoms. The summed E-state index contributed by atoms with van der Waals surface area (Å²) >= 11 is 1.23. The lowest BCUT2D eigenvalue weighted by atomic mass is 9.95. The minimum Gasteiger partial charge on any atom is -0.490 e. The van der Waals surface area contributed by atoms with Crippen molar-refractivity contribution in [1.82, 2.24) is 9.13 Å². The summed E-state index contributed by atoms with van der Waals surface area (Å²) in [5.41, 5.74) is 4.15. The zero-order valence-corrected chi connectivity index (χ0v) is 28.8. The number of nitriles is 1. The van der Waals surface area contributed by atoms with Crippen LogP contribution in [-0.4, -0.2) is 48.0 Å². The summed E-state index contributed by atoms with van der Waals surface area (Å²) < 4.78 is 25.7. The summed E-state index contributed by atoms with van der Waals surface area (Å²) in [7, 11) is 1.27. The van der Waals surface area contributed by atoms with Crippen molar-refractivity contribution in [2.75, 3.05) is 26.9 Å². The predicted molar refractivity (Wildman–Crippen MR) is 188 cm³/mol. The van der Waals surface area contributed by atoms with Gasteiger partial charge in [0.25, 0.3) is 5.56 Å². The van der Waals surface area contributed by atoms with E-state index in [9.17, 15) is 19.6 Å². The largest absolute Gasteiger partial charge is 0.490 e. The number of allylic oxidation sites excluding steroid dienone is 1. The second-order valence-corrected chi connectivity index (χ2v) is 12.3. The van der Waals surface area contributed by atoms with Crippen molar-refractivity contribution in [2.24, 2.45) is 4.99 Å². The monoisotopic (exact) mass is 690 g/mol. The van der Waals surface area contributed by atoms with Crippen molar-refractivity contribution in [2.45, 2.75) is 33.4 Å². The van der Waals surface area contributed by atoms with Crippen molar-refractivity contribution >= 4 is 40.3 Å². The van der Waals surface area contributed by atoms with Gasteiger partial charge in [-0.25, -0.2) is 14.6 Å². The number of methoxy groups -OCH3 is 1. The molecule has 0 spiro atoms. The summed E-state index contributed by atoms with van der Waals surface area (Å²) in [5.74, 6) is -0.500. The van der Waals surface area contributed by atoms with E-state index in [4.69, 9.17) is 23.9 Å². The van der Waals surface area contributed by atoms with Crippen LogP contribution < -0.4 is 24.4 Å². The number of ether oxygens (including phenoxy) is 4. The van der Waals surface area contributed by atoms with Crippen molar-refractivity contribution in [3.05, 3.63) is 126 Å². The Morgan fingerprint density at radius 3 is 2.56 bits per heavy atom. The maximum absolute atomic E-state index is 14.4. The fourth-order valence-electron chi connectivity index (χ4n) is 6.00. The van der Waals surface area contributed by atoms with Crippen LogP contribution >= 0.6 is 11.3 Å². The van der Waals surface area contributed by atoms with Crippen LogP contribution in [0, 0.1) is 11.3 Å². The molecule has 0 unspecified atom stereocenters. The summed E-state index contributed by atoms with van der Waals surface area (Å²) in [6, 6.07) is 21.8. The van der Waals surface area contributed by atoms with Gasteiger partial charge in [-0.3, -0.25) is 9.36 Å². The molecule has 2 aromatic heterocycles. The fourth-order valence-corrected chi connectivity index (χ4v) is 7.04. The Kier molecular flexibility index (Phi) is 9.97. The van der Waals surface area contributed by atoms with Crippen LogP contribution in [0.4, 0.5) is 0 Å². The number of hydrogen-bond acceptors (Lipinski definition) is 10. The maximum atomic E-state index is 14.4. The van der Waals surface area contributed by atoms with E-state index in [1.807, 2.05) is 61.7 Å². The summed E-state index contributed by atoms with van der Waals surface area (Å²) in [5, 5.41) is 10.6. The van der Waals surface area contributed by atoms with Gasteiger partial charge in [-0.05, 0) is 62.2 Å². The molecule has 12 heteroatoms. The van der Waals surface area contributed by atoms with Crippen LogP contribution in [0.1, 0.15) is 49.1 Å². The molecule has 254 valence electrons. The molecule has 6 rings (SSSR count). The van der Waals surface area contributed by atoms with E-state index < -0.39 is 18.0 Å². The van der Waals surface area contributed by atoms with E-state index in [2.05, 4.69) is 10.6 Å². The Labute approximate surface area is 291 Å². The van der Waals surface area contributed by atoms with Gasteiger partial charge in [-0.15, -0.1) is 0 Å². The zero-order valence-electron chi connectivity index (χ0n) is 28.0. The molecule has 11 nitrogen and oxygen atoms in total. The first-order chi connectivity index (χ1) is 24.3. The summed E-state index contributed by atoms with van der Waals surface area (Å²) in [4.78, 5) is 44.7. The average Bonchev–Trinajstić information content (AvgIpc) is 3.62. The van der Waals surface area contributed by atoms with Crippen LogP contribution in [0.15, 0.2) is 94.0 Å². The normalized spacial score (nSPS) is 14.1. The molecule has 1 atom stereocenters. The van der Waals surface area contributed by atoms with Gasteiger partial charge in [0.1, 0.15) is 0 Å². The van der Waals surface area contributed by atoms with Crippen molar-refractivity contribution in [3.8, 4) is 17.6 Å². The number of fused-ring (bicyclic) bond motifs is 2. The van der Waals surface area contributed by atoms with E-state index in [0.717, 1.165) is 22.0 Å². The molecule has 0 saturated heterocycles. The maximum Gasteiger partial charge on any atom is 0.343 e. The van der Waals surface area contributed by atoms with E-state index in [0.29, 0.717) is 50.8 Å². The van der Waals surface area contributed by atoms with Gasteiger partial charge >= 0.3 is 11.9 Å². The zero-order chi connectivity index (χ0) is 35.4. The number of carbonyl (C=O) groups is 2. The molecule has 0 saturated carbocycles. The summed E-state index contributed by atoms with van der Waals surface area (Å²) in [6.07, 6.45) is 3.82. The number of thiazole rings is 1. The molecule has 5 aromatic rings. The quantitative estimate of drug-likeness (QED) is 0.183. The molecule has 1 aliphatic heterocycles. The van der Waals surface area contributed by atoms with Gasteiger partial charge in [0.15, 0.2) is 22.9 Å². The lowest BCUT2D eigenvalue weighted by Gasteiger charge is -2.25. The first kappa shape index (κ1) is 34.0. The third kappa shape index (κ3) is 6.55. The Balaban J connectivity index is 1.49. The van der Waals surface area contributed by atoms with Crippen LogP contribution in [0.25, 0.3) is 17.0 Å². The first-order valence-corrected chi connectivity index (χ1v) is 16.8. The number of hydrogen-bond donors (Lipinski definition) is 0. The standard InChI is InChI=1S/C38H34N4O7S/c1-5-47-31-17-24(15-16-30(31)49-22-33(43)46-4)35-34(37(45)48-6-2)23(3)40-38-42(35)36(44)32(50-38)18-27-21-41(29-14-10-9-13-28(27)29)20-26-12-8-7-11-25(26)19-39/h7-18,21,35H,5-6,20,22H2,1-4H3/b32-18-/t35-/m1/s1. The van der Waals surface area contributed by atoms with E-state index in [1.165, 1.54) is 23.0 Å². The molecule has 3 aromatic carbocycles. The minimum absolute atomic E-state index is 0.139. The lowest BCUT2D eigenvalue weighted by Crippen LogP contribution is -2.40. The molecule has 0 N–H and O–H groups in total. The fraction of sp³-hybridized carbons (Fsp3) is 0.237. The number of aromatic nitrogens is 2. The molecule has 50 heavy (non-hydrogen) atoms. The molecule has 1 aliphatic rings. The van der Waals surface area contributed by atoms with Crippen LogP contribution in [0.5, 0.6) is 11.5 Å². The Hall–Kier alpha value is -5.93. The van der Waals surface area contributed by atoms with Gasteiger partial charge in [0.2, 0.25) is 0 Å². The third-order valence-electron chi connectivity index (χ3n) is 8.26. The summed E-state index contributed by atoms with van der Waals surface area (Å²) in [6.45, 7) is 5.85. The number of para-hydroxylation sites is 1. The van der Waals surface area contributed by atoms with Crippen LogP contribution in [0.2, 0.25) is 0 Å². The number of esters is 2. The van der Waals surface area contributed by atoms with E-state index in [1.54, 1.807) is 38.1 Å². The molecule has 3 heterocycles. The third-order valence-corrected chi connectivity index (χ3v) is 9.24. The number of carbonyl (C=O) groups excluding carboxylic acids is 2. The van der Waals surface area contributed by atoms with Crippen molar-refractivity contribution < 1.29 is 28.5 Å². The Morgan fingerprint density at radius 2 is 1.80 bits per heavy atom. The molecular formula is C38H34N4O7S. The topological polar surface area (TPSA) is 134 Å². The highest BCUT2D eigenvalue weighted by atomic mass is 32.1. The highest BCUT2D eigenvalue weighted by Gasteiger charge is 2.34. The van der Waals surface area contributed by atoms with Crippen molar-refractivity contribution in [3.63, 3.8) is 0 Å². The average molecular weight is 691 g/mol. The van der Waals surface area contributed by atoms with Gasteiger partial charge in [0.05, 0.1) is 53.8 Å². The minimum atomic E-state index is -0.884. The number of benzene rings is 3. The second kappa shape index (κ2) is 14.7. The first-order valence-electron chi connectivity index (χ1n) is 16.0. The van der Waals surface area contributed by atoms with Gasteiger partial charge in [-0.2, -0.15) is 5.26 Å². The Bertz CT molecular complexity index is 2380. The lowest BCUT2D eigenvalue weighted by molar-refractivity contribution is -0.143. The van der Waals surface area contributed by atoms with Crippen LogP contribution in [0.3, 0.4) is 0 Å². The van der Waals surface area contributed by atoms with Crippen molar-refractivity contribution in [1.29, 1.82) is 5.26 Å². The molecule has 0 fully saturated rings. The molecule has 0 radical (unpaired) electrons. The van der Waals surface area contributed by atoms with E-state index in [-0.39, 0.29) is 24.3 Å².